The molecule has 0 atom stereocenters. The molecule has 12 heteroatoms. The van der Waals surface area contributed by atoms with Gasteiger partial charge in [-0.3, -0.25) is 9.69 Å². The number of tetrazole rings is 1. The first-order valence-electron chi connectivity index (χ1n) is 7.15. The number of nitrogens with zero attached hydrogens (tertiary/aromatic N) is 6. The summed E-state index contributed by atoms with van der Waals surface area (Å²) >= 11 is 1.28. The molecule has 23 heavy (non-hydrogen) atoms. The summed E-state index contributed by atoms with van der Waals surface area (Å²) in [5.41, 5.74) is 0. The second-order valence-corrected chi connectivity index (χ2v) is 8.15. The van der Waals surface area contributed by atoms with Gasteiger partial charge in [0.1, 0.15) is 0 Å². The number of carbonyl (C=O) groups is 1. The molecule has 1 saturated heterocycles. The predicted octanol–water partition coefficient (Wildman–Crippen LogP) is -2.00. The highest BCUT2D eigenvalue weighted by Crippen LogP contribution is 2.11. The predicted molar refractivity (Wildman–Crippen MR) is 85.4 cm³/mol. The third-order valence-electron chi connectivity index (χ3n) is 3.46. The highest BCUT2D eigenvalue weighted by Gasteiger charge is 2.22. The largest absolute Gasteiger partial charge is 0.354 e. The Balaban J connectivity index is 1.60. The SMILES string of the molecule is Cn1nnnc1SCC(=O)NCCN1CCN(S(C)(=O)=O)CC1. The first-order chi connectivity index (χ1) is 10.9. The Morgan fingerprint density at radius 2 is 2.00 bits per heavy atom. The van der Waals surface area contributed by atoms with Crippen molar-refractivity contribution in [2.24, 2.45) is 7.05 Å². The second kappa shape index (κ2) is 8.04. The van der Waals surface area contributed by atoms with Crippen molar-refractivity contribution in [1.29, 1.82) is 0 Å². The maximum absolute atomic E-state index is 11.8. The van der Waals surface area contributed by atoms with E-state index in [1.165, 1.54) is 27.0 Å². The van der Waals surface area contributed by atoms with Gasteiger partial charge in [0.15, 0.2) is 0 Å². The van der Waals surface area contributed by atoms with Crippen LogP contribution in [0.15, 0.2) is 5.16 Å². The summed E-state index contributed by atoms with van der Waals surface area (Å²) in [5, 5.41) is 14.4. The van der Waals surface area contributed by atoms with E-state index in [2.05, 4.69) is 25.7 Å². The molecular weight excluding hydrogens is 342 g/mol. The van der Waals surface area contributed by atoms with Crippen molar-refractivity contribution in [2.45, 2.75) is 5.16 Å². The zero-order chi connectivity index (χ0) is 16.9. The summed E-state index contributed by atoms with van der Waals surface area (Å²) in [6.45, 7) is 3.61. The van der Waals surface area contributed by atoms with E-state index < -0.39 is 10.0 Å². The van der Waals surface area contributed by atoms with Crippen molar-refractivity contribution in [3.8, 4) is 0 Å². The zero-order valence-corrected chi connectivity index (χ0v) is 14.8. The number of piperazine rings is 1. The zero-order valence-electron chi connectivity index (χ0n) is 13.2. The van der Waals surface area contributed by atoms with Crippen LogP contribution in [-0.2, 0) is 21.9 Å². The van der Waals surface area contributed by atoms with Crippen LogP contribution < -0.4 is 5.32 Å². The number of hydrogen-bond donors (Lipinski definition) is 1. The summed E-state index contributed by atoms with van der Waals surface area (Å²) < 4.78 is 25.8. The quantitative estimate of drug-likeness (QED) is 0.553. The van der Waals surface area contributed by atoms with E-state index in [1.54, 1.807) is 7.05 Å². The van der Waals surface area contributed by atoms with E-state index in [-0.39, 0.29) is 11.7 Å². The van der Waals surface area contributed by atoms with Crippen LogP contribution in [0.4, 0.5) is 0 Å². The Morgan fingerprint density at radius 1 is 1.30 bits per heavy atom. The van der Waals surface area contributed by atoms with Crippen molar-refractivity contribution >= 4 is 27.7 Å². The van der Waals surface area contributed by atoms with Crippen LogP contribution in [0.3, 0.4) is 0 Å². The van der Waals surface area contributed by atoms with Gasteiger partial charge < -0.3 is 5.32 Å². The van der Waals surface area contributed by atoms with Gasteiger partial charge in [-0.25, -0.2) is 13.1 Å². The van der Waals surface area contributed by atoms with Crippen molar-refractivity contribution in [2.75, 3.05) is 51.3 Å². The molecular formula is C11H21N7O3S2. The van der Waals surface area contributed by atoms with E-state index >= 15 is 0 Å². The van der Waals surface area contributed by atoms with Crippen LogP contribution >= 0.6 is 11.8 Å². The average molecular weight is 363 g/mol. The smallest absolute Gasteiger partial charge is 0.230 e. The van der Waals surface area contributed by atoms with Gasteiger partial charge in [0.25, 0.3) is 0 Å². The minimum Gasteiger partial charge on any atom is -0.354 e. The average Bonchev–Trinajstić information content (AvgIpc) is 2.90. The molecule has 130 valence electrons. The second-order valence-electron chi connectivity index (χ2n) is 5.23. The van der Waals surface area contributed by atoms with Gasteiger partial charge in [0.2, 0.25) is 21.1 Å². The molecule has 2 heterocycles. The molecule has 0 aromatic carbocycles. The Labute approximate surface area is 139 Å². The minimum atomic E-state index is -3.10. The van der Waals surface area contributed by atoms with Crippen molar-refractivity contribution in [3.63, 3.8) is 0 Å². The highest BCUT2D eigenvalue weighted by molar-refractivity contribution is 7.99. The van der Waals surface area contributed by atoms with Crippen molar-refractivity contribution in [1.82, 2.24) is 34.7 Å². The first-order valence-corrected chi connectivity index (χ1v) is 9.99. The molecule has 0 unspecified atom stereocenters. The molecule has 0 radical (unpaired) electrons. The third kappa shape index (κ3) is 5.71. The van der Waals surface area contributed by atoms with Crippen LogP contribution in [0.25, 0.3) is 0 Å². The number of hydrogen-bond acceptors (Lipinski definition) is 8. The lowest BCUT2D eigenvalue weighted by Gasteiger charge is -2.33. The number of amides is 1. The molecule has 1 aromatic heterocycles. The lowest BCUT2D eigenvalue weighted by atomic mass is 10.3. The maximum Gasteiger partial charge on any atom is 0.230 e. The van der Waals surface area contributed by atoms with Gasteiger partial charge in [-0.1, -0.05) is 11.8 Å². The van der Waals surface area contributed by atoms with Gasteiger partial charge in [-0.2, -0.15) is 4.31 Å². The lowest BCUT2D eigenvalue weighted by Crippen LogP contribution is -2.50. The highest BCUT2D eigenvalue weighted by atomic mass is 32.2. The Bertz CT molecular complexity index is 625. The summed E-state index contributed by atoms with van der Waals surface area (Å²) in [6.07, 6.45) is 1.23. The molecule has 1 aliphatic heterocycles. The van der Waals surface area contributed by atoms with Crippen LogP contribution in [0.1, 0.15) is 0 Å². The van der Waals surface area contributed by atoms with Gasteiger partial charge in [0.05, 0.1) is 12.0 Å². The Hall–Kier alpha value is -1.24. The summed E-state index contributed by atoms with van der Waals surface area (Å²) in [6, 6.07) is 0. The summed E-state index contributed by atoms with van der Waals surface area (Å²) in [4.78, 5) is 13.9. The molecule has 0 bridgehead atoms. The number of thioether (sulfide) groups is 1. The molecule has 1 aliphatic rings. The van der Waals surface area contributed by atoms with E-state index in [0.717, 1.165) is 0 Å². The topological polar surface area (TPSA) is 113 Å². The minimum absolute atomic E-state index is 0.0761. The Morgan fingerprint density at radius 3 is 2.57 bits per heavy atom. The molecule has 1 fully saturated rings. The number of aromatic nitrogens is 4. The molecule has 1 amide bonds. The van der Waals surface area contributed by atoms with E-state index in [0.29, 0.717) is 44.4 Å². The van der Waals surface area contributed by atoms with Gasteiger partial charge >= 0.3 is 0 Å². The number of carbonyl (C=O) groups excluding carboxylic acids is 1. The van der Waals surface area contributed by atoms with E-state index in [4.69, 9.17) is 0 Å². The number of sulfonamides is 1. The standard InChI is InChI=1S/C11H21N7O3S2/c1-16-11(13-14-15-16)22-9-10(19)12-3-4-17-5-7-18(8-6-17)23(2,20)21/h3-9H2,1-2H3,(H,12,19). The fourth-order valence-electron chi connectivity index (χ4n) is 2.16. The fourth-order valence-corrected chi connectivity index (χ4v) is 3.67. The fraction of sp³-hybridized carbons (Fsp3) is 0.818. The van der Waals surface area contributed by atoms with Crippen LogP contribution in [0.5, 0.6) is 0 Å². The number of nitrogens with one attached hydrogen (secondary N) is 1. The van der Waals surface area contributed by atoms with Crippen molar-refractivity contribution in [3.05, 3.63) is 0 Å². The van der Waals surface area contributed by atoms with Crippen LogP contribution in [0.2, 0.25) is 0 Å². The lowest BCUT2D eigenvalue weighted by molar-refractivity contribution is -0.118. The number of aryl methyl sites for hydroxylation is 1. The maximum atomic E-state index is 11.8. The summed E-state index contributed by atoms with van der Waals surface area (Å²) in [5.74, 6) is 0.184. The molecule has 0 saturated carbocycles. The normalized spacial score (nSPS) is 17.3. The van der Waals surface area contributed by atoms with Crippen LogP contribution in [0, 0.1) is 0 Å². The molecule has 1 aromatic rings. The van der Waals surface area contributed by atoms with Gasteiger partial charge in [-0.15, -0.1) is 5.10 Å². The van der Waals surface area contributed by atoms with E-state index in [1.807, 2.05) is 0 Å². The summed E-state index contributed by atoms with van der Waals surface area (Å²) in [7, 11) is -1.38. The Kier molecular flexibility index (Phi) is 6.33. The van der Waals surface area contributed by atoms with Gasteiger partial charge in [-0.05, 0) is 10.4 Å². The molecule has 1 N–H and O–H groups in total. The molecule has 0 spiro atoms. The van der Waals surface area contributed by atoms with E-state index in [9.17, 15) is 13.2 Å². The van der Waals surface area contributed by atoms with Gasteiger partial charge in [0, 0.05) is 46.3 Å². The van der Waals surface area contributed by atoms with Crippen LogP contribution in [-0.4, -0.2) is 95.0 Å². The molecule has 0 aliphatic carbocycles. The monoisotopic (exact) mass is 363 g/mol. The third-order valence-corrected chi connectivity index (χ3v) is 5.78. The molecule has 2 rings (SSSR count). The molecule has 10 nitrogen and oxygen atoms in total. The first kappa shape index (κ1) is 18.1. The van der Waals surface area contributed by atoms with Crippen molar-refractivity contribution < 1.29 is 13.2 Å². The number of rotatable bonds is 7.